The number of fused-ring (bicyclic) bond motifs is 1. The molecule has 126 valence electrons. The van der Waals surface area contributed by atoms with Crippen molar-refractivity contribution in [1.29, 1.82) is 0 Å². The van der Waals surface area contributed by atoms with Crippen LogP contribution < -0.4 is 10.0 Å². The van der Waals surface area contributed by atoms with Crippen LogP contribution in [-0.4, -0.2) is 15.5 Å². The minimum absolute atomic E-state index is 0.126. The van der Waals surface area contributed by atoms with Crippen molar-refractivity contribution in [2.24, 2.45) is 0 Å². The average Bonchev–Trinajstić information content (AvgIpc) is 3.08. The predicted molar refractivity (Wildman–Crippen MR) is 99.3 cm³/mol. The van der Waals surface area contributed by atoms with Gasteiger partial charge in [-0.1, -0.05) is 30.4 Å². The van der Waals surface area contributed by atoms with Crippen molar-refractivity contribution in [1.82, 2.24) is 19.6 Å². The van der Waals surface area contributed by atoms with Gasteiger partial charge < -0.3 is 14.6 Å². The van der Waals surface area contributed by atoms with Crippen LogP contribution in [0.15, 0.2) is 77.5 Å². The van der Waals surface area contributed by atoms with Crippen molar-refractivity contribution in [3.63, 3.8) is 0 Å². The Balaban J connectivity index is 1.45. The number of allylic oxidation sites excluding steroid dienone is 3. The summed E-state index contributed by atoms with van der Waals surface area (Å²) in [4.78, 5) is 17.8. The number of aromatic nitrogens is 2. The summed E-state index contributed by atoms with van der Waals surface area (Å²) in [5.41, 5.74) is 2.45. The molecule has 1 atom stereocenters. The van der Waals surface area contributed by atoms with E-state index in [1.807, 2.05) is 48.9 Å². The van der Waals surface area contributed by atoms with Crippen molar-refractivity contribution in [2.75, 3.05) is 0 Å². The predicted octanol–water partition coefficient (Wildman–Crippen LogP) is 3.43. The van der Waals surface area contributed by atoms with Gasteiger partial charge in [0.05, 0.1) is 12.4 Å². The van der Waals surface area contributed by atoms with Crippen LogP contribution in [0.2, 0.25) is 0 Å². The summed E-state index contributed by atoms with van der Waals surface area (Å²) in [5, 5.41) is 2.99. The molecule has 2 aromatic rings. The van der Waals surface area contributed by atoms with Crippen LogP contribution >= 0.6 is 11.9 Å². The molecule has 6 heteroatoms. The molecular formula is C19H18N4OS. The lowest BCUT2D eigenvalue weighted by molar-refractivity contribution is -0.116. The van der Waals surface area contributed by atoms with E-state index in [4.69, 9.17) is 0 Å². The van der Waals surface area contributed by atoms with Crippen LogP contribution in [0, 0.1) is 0 Å². The van der Waals surface area contributed by atoms with E-state index in [2.05, 4.69) is 31.7 Å². The summed E-state index contributed by atoms with van der Waals surface area (Å²) in [6, 6.07) is 8.28. The van der Waals surface area contributed by atoms with Crippen LogP contribution in [0.25, 0.3) is 6.08 Å². The molecule has 0 saturated carbocycles. The minimum Gasteiger partial charge on any atom is -0.331 e. The molecule has 25 heavy (non-hydrogen) atoms. The topological polar surface area (TPSA) is 59.0 Å². The highest BCUT2D eigenvalue weighted by Crippen LogP contribution is 2.28. The molecule has 1 aromatic heterocycles. The van der Waals surface area contributed by atoms with Crippen LogP contribution in [0.3, 0.4) is 0 Å². The molecule has 0 radical (unpaired) electrons. The SMILES string of the molecule is O=C(NC1=CCCC(n2ccnc2)C=C1)C1=Cc2ccccc2SN1. The average molecular weight is 350 g/mol. The molecule has 1 unspecified atom stereocenters. The standard InChI is InChI=1S/C19H18N4OS/c24-19(17-12-14-4-1-2-7-18(14)25-22-17)21-15-5-3-6-16(9-8-15)23-11-10-20-13-23/h1-2,4-5,7-13,16,22H,3,6H2,(H,21,24). The first kappa shape index (κ1) is 15.8. The van der Waals surface area contributed by atoms with Gasteiger partial charge in [-0.2, -0.15) is 0 Å². The van der Waals surface area contributed by atoms with E-state index in [0.717, 1.165) is 29.0 Å². The van der Waals surface area contributed by atoms with Gasteiger partial charge in [-0.3, -0.25) is 4.79 Å². The van der Waals surface area contributed by atoms with E-state index < -0.39 is 0 Å². The van der Waals surface area contributed by atoms with E-state index >= 15 is 0 Å². The van der Waals surface area contributed by atoms with Gasteiger partial charge in [0.1, 0.15) is 5.70 Å². The van der Waals surface area contributed by atoms with Gasteiger partial charge in [0.2, 0.25) is 0 Å². The number of hydrogen-bond donors (Lipinski definition) is 2. The molecule has 0 fully saturated rings. The van der Waals surface area contributed by atoms with E-state index in [0.29, 0.717) is 5.70 Å². The van der Waals surface area contributed by atoms with E-state index in [1.165, 1.54) is 11.9 Å². The van der Waals surface area contributed by atoms with Gasteiger partial charge in [0, 0.05) is 23.0 Å². The molecule has 1 aromatic carbocycles. The maximum Gasteiger partial charge on any atom is 0.272 e. The third-order valence-corrected chi connectivity index (χ3v) is 5.14. The Bertz CT molecular complexity index is 867. The molecule has 2 N–H and O–H groups in total. The molecule has 5 nitrogen and oxygen atoms in total. The normalized spacial score (nSPS) is 19.1. The highest BCUT2D eigenvalue weighted by atomic mass is 32.2. The zero-order valence-electron chi connectivity index (χ0n) is 13.6. The Morgan fingerprint density at radius 1 is 1.36 bits per heavy atom. The highest BCUT2D eigenvalue weighted by molar-refractivity contribution is 7.97. The van der Waals surface area contributed by atoms with Gasteiger partial charge in [-0.15, -0.1) is 0 Å². The molecule has 4 rings (SSSR count). The zero-order chi connectivity index (χ0) is 17.1. The highest BCUT2D eigenvalue weighted by Gasteiger charge is 2.17. The Hall–Kier alpha value is -2.73. The molecule has 2 heterocycles. The summed E-state index contributed by atoms with van der Waals surface area (Å²) >= 11 is 1.46. The first-order chi connectivity index (χ1) is 12.3. The van der Waals surface area contributed by atoms with Gasteiger partial charge in [-0.25, -0.2) is 4.98 Å². The molecule has 1 amide bonds. The molecule has 0 spiro atoms. The third kappa shape index (κ3) is 3.53. The summed E-state index contributed by atoms with van der Waals surface area (Å²) in [5.74, 6) is -0.126. The number of nitrogens with one attached hydrogen (secondary N) is 2. The fourth-order valence-corrected chi connectivity index (χ4v) is 3.66. The number of carbonyl (C=O) groups excluding carboxylic acids is 1. The summed E-state index contributed by atoms with van der Waals surface area (Å²) in [6.45, 7) is 0. The zero-order valence-corrected chi connectivity index (χ0v) is 14.4. The molecular weight excluding hydrogens is 332 g/mol. The van der Waals surface area contributed by atoms with Crippen molar-refractivity contribution in [3.05, 3.63) is 78.2 Å². The second-order valence-electron chi connectivity index (χ2n) is 5.93. The summed E-state index contributed by atoms with van der Waals surface area (Å²) in [6.07, 6.45) is 15.5. The van der Waals surface area contributed by atoms with Crippen LogP contribution in [0.4, 0.5) is 0 Å². The van der Waals surface area contributed by atoms with E-state index in [9.17, 15) is 4.79 Å². The second-order valence-corrected chi connectivity index (χ2v) is 6.78. The summed E-state index contributed by atoms with van der Waals surface area (Å²) < 4.78 is 5.19. The second kappa shape index (κ2) is 7.03. The number of nitrogens with zero attached hydrogens (tertiary/aromatic N) is 2. The molecule has 0 bridgehead atoms. The number of benzene rings is 1. The van der Waals surface area contributed by atoms with Crippen LogP contribution in [-0.2, 0) is 4.79 Å². The Morgan fingerprint density at radius 2 is 2.28 bits per heavy atom. The fourth-order valence-electron chi connectivity index (χ4n) is 2.89. The van der Waals surface area contributed by atoms with Crippen LogP contribution in [0.1, 0.15) is 24.4 Å². The lowest BCUT2D eigenvalue weighted by Crippen LogP contribution is -2.29. The van der Waals surface area contributed by atoms with Crippen molar-refractivity contribution in [3.8, 4) is 0 Å². The molecule has 1 aliphatic carbocycles. The summed E-state index contributed by atoms with van der Waals surface area (Å²) in [7, 11) is 0. The van der Waals surface area contributed by atoms with Crippen molar-refractivity contribution >= 4 is 23.9 Å². The number of rotatable bonds is 3. The molecule has 0 saturated heterocycles. The fraction of sp³-hybridized carbons (Fsp3) is 0.158. The van der Waals surface area contributed by atoms with Crippen LogP contribution in [0.5, 0.6) is 0 Å². The number of carbonyl (C=O) groups is 1. The molecule has 2 aliphatic rings. The van der Waals surface area contributed by atoms with E-state index in [-0.39, 0.29) is 11.9 Å². The van der Waals surface area contributed by atoms with Crippen molar-refractivity contribution in [2.45, 2.75) is 23.8 Å². The molecule has 1 aliphatic heterocycles. The lowest BCUT2D eigenvalue weighted by atomic mass is 10.2. The minimum atomic E-state index is -0.126. The van der Waals surface area contributed by atoms with E-state index in [1.54, 1.807) is 6.20 Å². The Morgan fingerprint density at radius 3 is 3.16 bits per heavy atom. The number of imidazole rings is 1. The number of hydrogen-bond acceptors (Lipinski definition) is 4. The van der Waals surface area contributed by atoms with Gasteiger partial charge in [0.15, 0.2) is 0 Å². The monoisotopic (exact) mass is 350 g/mol. The maximum atomic E-state index is 12.6. The maximum absolute atomic E-state index is 12.6. The Kier molecular flexibility index (Phi) is 4.43. The third-order valence-electron chi connectivity index (χ3n) is 4.22. The number of amides is 1. The first-order valence-electron chi connectivity index (χ1n) is 8.20. The van der Waals surface area contributed by atoms with Crippen molar-refractivity contribution < 1.29 is 4.79 Å². The quantitative estimate of drug-likeness (QED) is 0.833. The van der Waals surface area contributed by atoms with Gasteiger partial charge >= 0.3 is 0 Å². The van der Waals surface area contributed by atoms with Gasteiger partial charge in [0.25, 0.3) is 5.91 Å². The smallest absolute Gasteiger partial charge is 0.272 e. The van der Waals surface area contributed by atoms with Gasteiger partial charge in [-0.05, 0) is 48.6 Å². The largest absolute Gasteiger partial charge is 0.331 e. The lowest BCUT2D eigenvalue weighted by Gasteiger charge is -2.17. The first-order valence-corrected chi connectivity index (χ1v) is 9.02. The Labute approximate surface area is 150 Å².